The number of aromatic carboxylic acids is 1. The number of fused-ring (bicyclic) bond motifs is 1. The van der Waals surface area contributed by atoms with Crippen molar-refractivity contribution in [3.63, 3.8) is 0 Å². The monoisotopic (exact) mass is 550 g/mol. The second-order valence-electron chi connectivity index (χ2n) is 10.5. The van der Waals surface area contributed by atoms with Crippen LogP contribution in [0.3, 0.4) is 0 Å². The van der Waals surface area contributed by atoms with Crippen molar-refractivity contribution in [3.05, 3.63) is 77.1 Å². The molecule has 10 nitrogen and oxygen atoms in total. The van der Waals surface area contributed by atoms with E-state index in [-0.39, 0.29) is 23.6 Å². The Bertz CT molecular complexity index is 1470. The highest BCUT2D eigenvalue weighted by atomic mass is 31.2. The molecule has 0 radical (unpaired) electrons. The summed E-state index contributed by atoms with van der Waals surface area (Å²) in [4.78, 5) is 34.6. The topological polar surface area (TPSA) is 157 Å². The van der Waals surface area contributed by atoms with Crippen molar-refractivity contribution in [1.82, 2.24) is 9.97 Å². The highest BCUT2D eigenvalue weighted by molar-refractivity contribution is 7.52. The van der Waals surface area contributed by atoms with Crippen LogP contribution in [0.5, 0.6) is 5.88 Å². The predicted octanol–water partition coefficient (Wildman–Crippen LogP) is 5.48. The maximum absolute atomic E-state index is 12.8. The molecule has 1 aliphatic carbocycles. The van der Waals surface area contributed by atoms with Crippen molar-refractivity contribution in [1.29, 1.82) is 0 Å². The Labute approximate surface area is 226 Å². The molecule has 0 amide bonds. The number of ether oxygens (including phenoxy) is 1. The van der Waals surface area contributed by atoms with E-state index in [2.05, 4.69) is 22.1 Å². The van der Waals surface area contributed by atoms with Crippen molar-refractivity contribution in [2.75, 3.05) is 5.73 Å². The average Bonchev–Trinajstić information content (AvgIpc) is 2.88. The van der Waals surface area contributed by atoms with Gasteiger partial charge in [-0.1, -0.05) is 36.4 Å². The van der Waals surface area contributed by atoms with Crippen LogP contribution in [0.2, 0.25) is 0 Å². The predicted molar refractivity (Wildman–Crippen MR) is 147 cm³/mol. The standard InChI is InChI=1S/C28H31N4O6P/c1-28(2)24(32-23-25(29)30-16-31-26(23)37-28)20-8-6-18(7-9-20)19-10-12-22(13-11-19)38-39(35,36)15-17-4-3-5-21(14-17)27(33)34/h3-9,14,16,19,22H,10-13,15H2,1-2H3,(H,33,34)(H,35,36)(H2,29,30,31)/t19-,22-. The lowest BCUT2D eigenvalue weighted by Gasteiger charge is -2.32. The minimum absolute atomic E-state index is 0.0774. The number of benzene rings is 2. The van der Waals surface area contributed by atoms with E-state index in [0.29, 0.717) is 35.9 Å². The Morgan fingerprint density at radius 3 is 2.54 bits per heavy atom. The zero-order chi connectivity index (χ0) is 27.8. The number of carbonyl (C=O) groups is 1. The van der Waals surface area contributed by atoms with E-state index in [4.69, 9.17) is 25.1 Å². The van der Waals surface area contributed by atoms with Crippen molar-refractivity contribution in [2.24, 2.45) is 4.99 Å². The molecule has 1 atom stereocenters. The zero-order valence-corrected chi connectivity index (χ0v) is 22.7. The van der Waals surface area contributed by atoms with Crippen LogP contribution in [0.1, 0.15) is 72.5 Å². The molecule has 1 fully saturated rings. The summed E-state index contributed by atoms with van der Waals surface area (Å²) in [5.74, 6) is -0.130. The summed E-state index contributed by atoms with van der Waals surface area (Å²) < 4.78 is 24.5. The molecule has 3 aromatic rings. The first kappa shape index (κ1) is 27.0. The van der Waals surface area contributed by atoms with Gasteiger partial charge in [0.05, 0.1) is 23.5 Å². The van der Waals surface area contributed by atoms with Gasteiger partial charge in [0, 0.05) is 5.56 Å². The largest absolute Gasteiger partial charge is 0.478 e. The molecule has 1 unspecified atom stereocenters. The van der Waals surface area contributed by atoms with Gasteiger partial charge in [-0.3, -0.25) is 4.57 Å². The van der Waals surface area contributed by atoms with Crippen molar-refractivity contribution < 1.29 is 28.6 Å². The smallest absolute Gasteiger partial charge is 0.335 e. The molecule has 0 bridgehead atoms. The number of aliphatic imine (C=N–C) groups is 1. The second-order valence-corrected chi connectivity index (χ2v) is 12.3. The van der Waals surface area contributed by atoms with Crippen LogP contribution in [0.25, 0.3) is 0 Å². The van der Waals surface area contributed by atoms with Crippen LogP contribution in [0.15, 0.2) is 59.9 Å². The number of carboxylic acid groups (broad SMARTS) is 1. The summed E-state index contributed by atoms with van der Waals surface area (Å²) in [7, 11) is -3.92. The molecule has 5 rings (SSSR count). The second kappa shape index (κ2) is 10.5. The van der Waals surface area contributed by atoms with Gasteiger partial charge in [-0.05, 0) is 68.7 Å². The van der Waals surface area contributed by atoms with Gasteiger partial charge < -0.3 is 25.0 Å². The first-order valence-corrected chi connectivity index (χ1v) is 14.6. The van der Waals surface area contributed by atoms with Crippen LogP contribution in [0, 0.1) is 0 Å². The third-order valence-corrected chi connectivity index (χ3v) is 8.55. The average molecular weight is 551 g/mol. The van der Waals surface area contributed by atoms with Gasteiger partial charge in [0.1, 0.15) is 11.9 Å². The number of aromatic nitrogens is 2. The van der Waals surface area contributed by atoms with E-state index in [0.717, 1.165) is 24.1 Å². The quantitative estimate of drug-likeness (QED) is 0.324. The highest BCUT2D eigenvalue weighted by Crippen LogP contribution is 2.50. The van der Waals surface area contributed by atoms with E-state index in [9.17, 15) is 14.3 Å². The number of nitrogen functional groups attached to an aromatic ring is 1. The SMILES string of the molecule is CC1(C)Oc2ncnc(N)c2N=C1c1ccc([C@H]2CC[C@H](OP(=O)(O)Cc3cccc(C(=O)O)c3)CC2)cc1. The summed E-state index contributed by atoms with van der Waals surface area (Å²) in [5.41, 5.74) is 9.12. The van der Waals surface area contributed by atoms with Crippen molar-refractivity contribution in [2.45, 2.75) is 63.3 Å². The van der Waals surface area contributed by atoms with Gasteiger partial charge >= 0.3 is 13.6 Å². The van der Waals surface area contributed by atoms with Gasteiger partial charge in [0.15, 0.2) is 11.5 Å². The van der Waals surface area contributed by atoms with Gasteiger partial charge in [-0.15, -0.1) is 0 Å². The molecule has 1 aliphatic heterocycles. The van der Waals surface area contributed by atoms with Crippen LogP contribution in [-0.4, -0.2) is 43.4 Å². The highest BCUT2D eigenvalue weighted by Gasteiger charge is 2.35. The molecule has 11 heteroatoms. The first-order valence-electron chi connectivity index (χ1n) is 12.8. The van der Waals surface area contributed by atoms with E-state index >= 15 is 0 Å². The maximum Gasteiger partial charge on any atom is 0.335 e. The van der Waals surface area contributed by atoms with Gasteiger partial charge in [0.2, 0.25) is 5.88 Å². The van der Waals surface area contributed by atoms with Crippen LogP contribution in [0.4, 0.5) is 11.5 Å². The van der Waals surface area contributed by atoms with Crippen molar-refractivity contribution in [3.8, 4) is 5.88 Å². The molecule has 0 spiro atoms. The Balaban J connectivity index is 1.21. The zero-order valence-electron chi connectivity index (χ0n) is 21.8. The van der Waals surface area contributed by atoms with E-state index in [1.807, 2.05) is 26.0 Å². The molecule has 2 heterocycles. The fourth-order valence-corrected chi connectivity index (χ4v) is 6.63. The van der Waals surface area contributed by atoms with Crippen LogP contribution in [-0.2, 0) is 15.3 Å². The molecular weight excluding hydrogens is 519 g/mol. The lowest BCUT2D eigenvalue weighted by molar-refractivity contribution is 0.0696. The van der Waals surface area contributed by atoms with Gasteiger partial charge in [0.25, 0.3) is 0 Å². The molecule has 1 aromatic heterocycles. The van der Waals surface area contributed by atoms with E-state index in [1.54, 1.807) is 12.1 Å². The molecule has 2 aliphatic rings. The van der Waals surface area contributed by atoms with Crippen LogP contribution >= 0.6 is 7.60 Å². The fourth-order valence-electron chi connectivity index (χ4n) is 5.22. The summed E-state index contributed by atoms with van der Waals surface area (Å²) >= 11 is 0. The van der Waals surface area contributed by atoms with E-state index < -0.39 is 19.2 Å². The lowest BCUT2D eigenvalue weighted by atomic mass is 9.82. The molecule has 39 heavy (non-hydrogen) atoms. The normalized spacial score (nSPS) is 21.7. The number of hydrogen-bond acceptors (Lipinski definition) is 8. The number of anilines is 1. The number of nitrogens with two attached hydrogens (primary N) is 1. The van der Waals surface area contributed by atoms with Crippen LogP contribution < -0.4 is 10.5 Å². The Kier molecular flexibility index (Phi) is 7.29. The van der Waals surface area contributed by atoms with Gasteiger partial charge in [-0.25, -0.2) is 14.8 Å². The number of nitrogens with zero attached hydrogens (tertiary/aromatic N) is 3. The minimum atomic E-state index is -3.92. The first-order chi connectivity index (χ1) is 18.5. The fraction of sp³-hybridized carbons (Fsp3) is 0.357. The Hall–Kier alpha value is -3.59. The Morgan fingerprint density at radius 1 is 1.13 bits per heavy atom. The third-order valence-electron chi connectivity index (χ3n) is 7.16. The molecule has 2 aromatic carbocycles. The summed E-state index contributed by atoms with van der Waals surface area (Å²) in [5, 5.41) is 9.15. The van der Waals surface area contributed by atoms with E-state index in [1.165, 1.54) is 24.0 Å². The number of rotatable bonds is 7. The molecule has 1 saturated carbocycles. The minimum Gasteiger partial charge on any atom is -0.478 e. The maximum atomic E-state index is 12.8. The summed E-state index contributed by atoms with van der Waals surface area (Å²) in [6.45, 7) is 3.87. The molecule has 204 valence electrons. The lowest BCUT2D eigenvalue weighted by Crippen LogP contribution is -2.41. The third kappa shape index (κ3) is 6.03. The number of carboxylic acids is 1. The summed E-state index contributed by atoms with van der Waals surface area (Å²) in [6, 6.07) is 14.3. The number of hydrogen-bond donors (Lipinski definition) is 3. The van der Waals surface area contributed by atoms with Gasteiger partial charge in [-0.2, -0.15) is 4.98 Å². The summed E-state index contributed by atoms with van der Waals surface area (Å²) in [6.07, 6.45) is 3.80. The molecule has 0 saturated heterocycles. The molecule has 4 N–H and O–H groups in total. The molecular formula is C28H31N4O6P. The van der Waals surface area contributed by atoms with Crippen molar-refractivity contribution >= 4 is 30.8 Å². The Morgan fingerprint density at radius 2 is 1.85 bits per heavy atom.